The van der Waals surface area contributed by atoms with Crippen LogP contribution in [0.1, 0.15) is 32.1 Å². The molecule has 2 saturated carbocycles. The highest BCUT2D eigenvalue weighted by atomic mass is 79.9. The lowest BCUT2D eigenvalue weighted by atomic mass is 9.81. The number of ether oxygens (including phenoxy) is 2. The fourth-order valence-electron chi connectivity index (χ4n) is 3.18. The Bertz CT molecular complexity index is 210. The highest BCUT2D eigenvalue weighted by Gasteiger charge is 2.52. The van der Waals surface area contributed by atoms with Gasteiger partial charge in [-0.05, 0) is 49.4 Å². The smallest absolute Gasteiger partial charge is 0.0700 e. The van der Waals surface area contributed by atoms with Crippen molar-refractivity contribution in [3.63, 3.8) is 0 Å². The van der Waals surface area contributed by atoms with Gasteiger partial charge in [-0.15, -0.1) is 0 Å². The van der Waals surface area contributed by atoms with Crippen molar-refractivity contribution < 1.29 is 9.47 Å². The summed E-state index contributed by atoms with van der Waals surface area (Å²) in [5.41, 5.74) is 0.609. The van der Waals surface area contributed by atoms with E-state index in [1.54, 1.807) is 7.11 Å². The van der Waals surface area contributed by atoms with Crippen LogP contribution in [0.4, 0.5) is 0 Å². The van der Waals surface area contributed by atoms with Crippen molar-refractivity contribution in [1.82, 2.24) is 0 Å². The molecular weight excluding hydrogens is 268 g/mol. The summed E-state index contributed by atoms with van der Waals surface area (Å²) in [4.78, 5) is 0. The van der Waals surface area contributed by atoms with Crippen molar-refractivity contribution in [1.29, 1.82) is 0 Å². The fourth-order valence-corrected chi connectivity index (χ4v) is 3.92. The van der Waals surface area contributed by atoms with Gasteiger partial charge in [0.15, 0.2) is 0 Å². The average Bonchev–Trinajstić information content (AvgIpc) is 2.92. The van der Waals surface area contributed by atoms with Crippen LogP contribution in [0.25, 0.3) is 0 Å². The molecule has 16 heavy (non-hydrogen) atoms. The molecule has 0 saturated heterocycles. The van der Waals surface area contributed by atoms with E-state index < -0.39 is 0 Å². The van der Waals surface area contributed by atoms with E-state index in [0.29, 0.717) is 12.0 Å². The lowest BCUT2D eigenvalue weighted by Gasteiger charge is -2.28. The van der Waals surface area contributed by atoms with Gasteiger partial charge in [-0.1, -0.05) is 15.9 Å². The topological polar surface area (TPSA) is 18.5 Å². The Morgan fingerprint density at radius 3 is 2.56 bits per heavy atom. The molecule has 2 aliphatic carbocycles. The normalized spacial score (nSPS) is 36.4. The molecule has 0 N–H and O–H groups in total. The second kappa shape index (κ2) is 5.83. The SMILES string of the molecule is COCCOCCCC1(CBr)CC2CC2C1. The maximum atomic E-state index is 5.52. The molecule has 2 atom stereocenters. The first-order valence-corrected chi connectivity index (χ1v) is 7.54. The zero-order valence-corrected chi connectivity index (χ0v) is 11.8. The number of rotatable bonds is 8. The van der Waals surface area contributed by atoms with Crippen molar-refractivity contribution in [3.05, 3.63) is 0 Å². The molecule has 2 fully saturated rings. The van der Waals surface area contributed by atoms with E-state index >= 15 is 0 Å². The Morgan fingerprint density at radius 2 is 1.94 bits per heavy atom. The number of hydrogen-bond acceptors (Lipinski definition) is 2. The molecule has 0 amide bonds. The van der Waals surface area contributed by atoms with E-state index in [4.69, 9.17) is 9.47 Å². The predicted molar refractivity (Wildman–Crippen MR) is 69.0 cm³/mol. The molecule has 3 heteroatoms. The van der Waals surface area contributed by atoms with Crippen molar-refractivity contribution in [2.45, 2.75) is 32.1 Å². The van der Waals surface area contributed by atoms with Gasteiger partial charge in [-0.3, -0.25) is 0 Å². The lowest BCUT2D eigenvalue weighted by molar-refractivity contribution is 0.0641. The molecule has 0 aliphatic heterocycles. The Hall–Kier alpha value is 0.400. The molecule has 2 rings (SSSR count). The molecule has 0 aromatic rings. The standard InChI is InChI=1S/C13H23BrO2/c1-15-5-6-16-4-2-3-13(10-14)8-11-7-12(11)9-13/h11-12H,2-10H2,1H3. The number of halogens is 1. The van der Waals surface area contributed by atoms with Gasteiger partial charge < -0.3 is 9.47 Å². The molecule has 2 unspecified atom stereocenters. The van der Waals surface area contributed by atoms with E-state index in [1.807, 2.05) is 0 Å². The van der Waals surface area contributed by atoms with E-state index in [-0.39, 0.29) is 0 Å². The van der Waals surface area contributed by atoms with Crippen LogP contribution < -0.4 is 0 Å². The minimum atomic E-state index is 0.609. The minimum Gasteiger partial charge on any atom is -0.382 e. The number of methoxy groups -OCH3 is 1. The van der Waals surface area contributed by atoms with E-state index in [2.05, 4.69) is 15.9 Å². The number of fused-ring (bicyclic) bond motifs is 1. The molecule has 0 spiro atoms. The molecule has 0 bridgehead atoms. The van der Waals surface area contributed by atoms with Gasteiger partial charge in [0, 0.05) is 19.0 Å². The Balaban J connectivity index is 1.57. The maximum absolute atomic E-state index is 5.52. The van der Waals surface area contributed by atoms with Gasteiger partial charge in [-0.25, -0.2) is 0 Å². The van der Waals surface area contributed by atoms with Crippen LogP contribution in [0.5, 0.6) is 0 Å². The van der Waals surface area contributed by atoms with Crippen LogP contribution >= 0.6 is 15.9 Å². The molecule has 0 aromatic heterocycles. The van der Waals surface area contributed by atoms with Crippen molar-refractivity contribution in [3.8, 4) is 0 Å². The van der Waals surface area contributed by atoms with Gasteiger partial charge >= 0.3 is 0 Å². The Morgan fingerprint density at radius 1 is 1.19 bits per heavy atom. The first-order chi connectivity index (χ1) is 7.79. The predicted octanol–water partition coefficient (Wildman–Crippen LogP) is 3.24. The van der Waals surface area contributed by atoms with Gasteiger partial charge in [-0.2, -0.15) is 0 Å². The quantitative estimate of drug-likeness (QED) is 0.505. The third-order valence-corrected chi connectivity index (χ3v) is 5.36. The summed E-state index contributed by atoms with van der Waals surface area (Å²) in [5.74, 6) is 2.15. The van der Waals surface area contributed by atoms with Crippen LogP contribution in [0, 0.1) is 17.3 Å². The van der Waals surface area contributed by atoms with Crippen molar-refractivity contribution in [2.75, 3.05) is 32.3 Å². The zero-order chi connectivity index (χ0) is 11.4. The third-order valence-electron chi connectivity index (χ3n) is 4.17. The van der Waals surface area contributed by atoms with Gasteiger partial charge in [0.1, 0.15) is 0 Å². The molecule has 0 heterocycles. The van der Waals surface area contributed by atoms with E-state index in [9.17, 15) is 0 Å². The zero-order valence-electron chi connectivity index (χ0n) is 10.2. The molecule has 94 valence electrons. The summed E-state index contributed by atoms with van der Waals surface area (Å²) in [5, 5.41) is 1.19. The second-order valence-corrected chi connectivity index (χ2v) is 6.07. The summed E-state index contributed by atoms with van der Waals surface area (Å²) in [6, 6.07) is 0. The highest BCUT2D eigenvalue weighted by Crippen LogP contribution is 2.61. The second-order valence-electron chi connectivity index (χ2n) is 5.51. The van der Waals surface area contributed by atoms with Crippen LogP contribution in [0.2, 0.25) is 0 Å². The van der Waals surface area contributed by atoms with Crippen LogP contribution in [0.15, 0.2) is 0 Å². The van der Waals surface area contributed by atoms with E-state index in [0.717, 1.165) is 25.0 Å². The third kappa shape index (κ3) is 3.21. The highest BCUT2D eigenvalue weighted by molar-refractivity contribution is 9.09. The first kappa shape index (κ1) is 12.8. The summed E-state index contributed by atoms with van der Waals surface area (Å²) in [6.45, 7) is 2.35. The van der Waals surface area contributed by atoms with Gasteiger partial charge in [0.25, 0.3) is 0 Å². The van der Waals surface area contributed by atoms with Crippen LogP contribution in [0.3, 0.4) is 0 Å². The molecule has 2 aliphatic rings. The summed E-state index contributed by atoms with van der Waals surface area (Å²) in [6.07, 6.45) is 6.97. The summed E-state index contributed by atoms with van der Waals surface area (Å²) >= 11 is 3.71. The minimum absolute atomic E-state index is 0.609. The van der Waals surface area contributed by atoms with Crippen LogP contribution in [-0.2, 0) is 9.47 Å². The Labute approximate surface area is 107 Å². The maximum Gasteiger partial charge on any atom is 0.0700 e. The lowest BCUT2D eigenvalue weighted by Crippen LogP contribution is -2.21. The number of alkyl halides is 1. The molecule has 0 radical (unpaired) electrons. The van der Waals surface area contributed by atoms with Gasteiger partial charge in [0.05, 0.1) is 13.2 Å². The summed E-state index contributed by atoms with van der Waals surface area (Å²) < 4.78 is 10.5. The Kier molecular flexibility index (Phi) is 4.68. The molecule has 0 aromatic carbocycles. The van der Waals surface area contributed by atoms with Crippen LogP contribution in [-0.4, -0.2) is 32.3 Å². The first-order valence-electron chi connectivity index (χ1n) is 6.42. The van der Waals surface area contributed by atoms with Crippen molar-refractivity contribution >= 4 is 15.9 Å². The number of hydrogen-bond donors (Lipinski definition) is 0. The molecular formula is C13H23BrO2. The summed E-state index contributed by atoms with van der Waals surface area (Å²) in [7, 11) is 1.72. The largest absolute Gasteiger partial charge is 0.382 e. The fraction of sp³-hybridized carbons (Fsp3) is 1.00. The van der Waals surface area contributed by atoms with Gasteiger partial charge in [0.2, 0.25) is 0 Å². The van der Waals surface area contributed by atoms with Crippen molar-refractivity contribution in [2.24, 2.45) is 17.3 Å². The van der Waals surface area contributed by atoms with E-state index in [1.165, 1.54) is 37.4 Å². The average molecular weight is 291 g/mol. The molecule has 2 nitrogen and oxygen atoms in total. The monoisotopic (exact) mass is 290 g/mol.